The Kier molecular flexibility index (Phi) is 3.65. The molecule has 0 amide bonds. The Labute approximate surface area is 95.8 Å². The fourth-order valence-corrected chi connectivity index (χ4v) is 1.46. The number of benzene rings is 1. The first-order chi connectivity index (χ1) is 7.77. The Morgan fingerprint density at radius 1 is 1.41 bits per heavy atom. The molecule has 0 bridgehead atoms. The van der Waals surface area contributed by atoms with Crippen molar-refractivity contribution in [1.82, 2.24) is 0 Å². The Hall–Kier alpha value is -1.72. The highest BCUT2D eigenvalue weighted by Crippen LogP contribution is 2.39. The second-order valence-corrected chi connectivity index (χ2v) is 3.35. The topological polar surface area (TPSA) is 46.5 Å². The number of phenols is 1. The highest BCUT2D eigenvalue weighted by Gasteiger charge is 2.36. The molecule has 0 heterocycles. The molecule has 0 spiro atoms. The SMILES string of the molecule is CCOc1cc(O)cc(C(F)(F)F)c1C(C)=O. The Morgan fingerprint density at radius 2 is 2.00 bits per heavy atom. The van der Waals surface area contributed by atoms with E-state index in [1.807, 2.05) is 0 Å². The van der Waals surface area contributed by atoms with Gasteiger partial charge in [-0.15, -0.1) is 0 Å². The summed E-state index contributed by atoms with van der Waals surface area (Å²) in [6.45, 7) is 2.69. The number of ketones is 1. The summed E-state index contributed by atoms with van der Waals surface area (Å²) in [6, 6.07) is 1.51. The zero-order valence-electron chi connectivity index (χ0n) is 9.26. The Morgan fingerprint density at radius 3 is 2.41 bits per heavy atom. The van der Waals surface area contributed by atoms with E-state index in [0.29, 0.717) is 6.07 Å². The molecule has 1 aromatic rings. The number of rotatable bonds is 3. The lowest BCUT2D eigenvalue weighted by Gasteiger charge is -2.15. The first-order valence-electron chi connectivity index (χ1n) is 4.85. The molecule has 6 heteroatoms. The maximum atomic E-state index is 12.7. The standard InChI is InChI=1S/C11H11F3O3/c1-3-17-9-5-7(16)4-8(11(12,13)14)10(9)6(2)15/h4-5,16H,3H2,1-2H3. The van der Waals surface area contributed by atoms with E-state index in [2.05, 4.69) is 0 Å². The van der Waals surface area contributed by atoms with E-state index in [9.17, 15) is 23.1 Å². The van der Waals surface area contributed by atoms with E-state index in [4.69, 9.17) is 4.74 Å². The minimum atomic E-state index is -4.72. The molecule has 0 aromatic heterocycles. The summed E-state index contributed by atoms with van der Waals surface area (Å²) in [5.74, 6) is -1.61. The number of aromatic hydroxyl groups is 1. The van der Waals surface area contributed by atoms with Gasteiger partial charge in [0.15, 0.2) is 5.78 Å². The number of Topliss-reactive ketones (excluding diaryl/α,β-unsaturated/α-hetero) is 1. The first kappa shape index (κ1) is 13.3. The minimum absolute atomic E-state index is 0.0982. The van der Waals surface area contributed by atoms with Crippen LogP contribution in [-0.2, 0) is 6.18 Å². The summed E-state index contributed by atoms with van der Waals surface area (Å²) in [5.41, 5.74) is -1.74. The summed E-state index contributed by atoms with van der Waals surface area (Å²) >= 11 is 0. The van der Waals surface area contributed by atoms with Crippen molar-refractivity contribution in [2.45, 2.75) is 20.0 Å². The molecule has 1 N–H and O–H groups in total. The van der Waals surface area contributed by atoms with E-state index in [-0.39, 0.29) is 12.4 Å². The highest BCUT2D eigenvalue weighted by atomic mass is 19.4. The van der Waals surface area contributed by atoms with Crippen molar-refractivity contribution in [2.24, 2.45) is 0 Å². The van der Waals surface area contributed by atoms with Gasteiger partial charge in [-0.25, -0.2) is 0 Å². The molecule has 1 rings (SSSR count). The molecular weight excluding hydrogens is 237 g/mol. The van der Waals surface area contributed by atoms with Gasteiger partial charge in [0.1, 0.15) is 11.5 Å². The minimum Gasteiger partial charge on any atom is -0.508 e. The number of hydrogen-bond acceptors (Lipinski definition) is 3. The molecule has 94 valence electrons. The van der Waals surface area contributed by atoms with Crippen molar-refractivity contribution >= 4 is 5.78 Å². The van der Waals surface area contributed by atoms with Crippen molar-refractivity contribution in [3.05, 3.63) is 23.3 Å². The zero-order chi connectivity index (χ0) is 13.2. The largest absolute Gasteiger partial charge is 0.508 e. The summed E-state index contributed by atoms with van der Waals surface area (Å²) in [6.07, 6.45) is -4.72. The summed E-state index contributed by atoms with van der Waals surface area (Å²) in [4.78, 5) is 11.3. The van der Waals surface area contributed by atoms with E-state index in [0.717, 1.165) is 13.0 Å². The van der Waals surface area contributed by atoms with E-state index in [1.54, 1.807) is 6.92 Å². The fourth-order valence-electron chi connectivity index (χ4n) is 1.46. The molecule has 0 fully saturated rings. The molecule has 0 unspecified atom stereocenters. The zero-order valence-corrected chi connectivity index (χ0v) is 9.26. The highest BCUT2D eigenvalue weighted by molar-refractivity contribution is 5.98. The van der Waals surface area contributed by atoms with Crippen LogP contribution in [0.15, 0.2) is 12.1 Å². The first-order valence-corrected chi connectivity index (χ1v) is 4.85. The lowest BCUT2D eigenvalue weighted by atomic mass is 10.0. The molecule has 0 radical (unpaired) electrons. The third-order valence-electron chi connectivity index (χ3n) is 2.04. The lowest BCUT2D eigenvalue weighted by molar-refractivity contribution is -0.138. The third kappa shape index (κ3) is 2.89. The number of carbonyl (C=O) groups excluding carboxylic acids is 1. The van der Waals surface area contributed by atoms with Gasteiger partial charge in [0.2, 0.25) is 0 Å². The molecule has 17 heavy (non-hydrogen) atoms. The number of carbonyl (C=O) groups is 1. The second kappa shape index (κ2) is 4.65. The van der Waals surface area contributed by atoms with Crippen molar-refractivity contribution in [1.29, 1.82) is 0 Å². The summed E-state index contributed by atoms with van der Waals surface area (Å²) in [5, 5.41) is 9.20. The average Bonchev–Trinajstić information content (AvgIpc) is 2.15. The number of ether oxygens (including phenoxy) is 1. The van der Waals surface area contributed by atoms with Gasteiger partial charge < -0.3 is 9.84 Å². The fraction of sp³-hybridized carbons (Fsp3) is 0.364. The van der Waals surface area contributed by atoms with Gasteiger partial charge >= 0.3 is 6.18 Å². The van der Waals surface area contributed by atoms with Crippen LogP contribution in [0.4, 0.5) is 13.2 Å². The van der Waals surface area contributed by atoms with Crippen molar-refractivity contribution in [3.8, 4) is 11.5 Å². The van der Waals surface area contributed by atoms with Gasteiger partial charge in [-0.3, -0.25) is 4.79 Å². The predicted octanol–water partition coefficient (Wildman–Crippen LogP) is 3.01. The predicted molar refractivity (Wildman–Crippen MR) is 54.3 cm³/mol. The van der Waals surface area contributed by atoms with Crippen molar-refractivity contribution < 1.29 is 27.8 Å². The van der Waals surface area contributed by atoms with Crippen LogP contribution in [-0.4, -0.2) is 17.5 Å². The molecule has 0 saturated carbocycles. The Bertz CT molecular complexity index is 438. The van der Waals surface area contributed by atoms with Crippen molar-refractivity contribution in [3.63, 3.8) is 0 Å². The van der Waals surface area contributed by atoms with E-state index < -0.39 is 28.8 Å². The maximum absolute atomic E-state index is 12.7. The number of hydrogen-bond donors (Lipinski definition) is 1. The number of halogens is 3. The van der Waals surface area contributed by atoms with Crippen LogP contribution in [0, 0.1) is 0 Å². The molecule has 0 aliphatic heterocycles. The van der Waals surface area contributed by atoms with Crippen LogP contribution in [0.2, 0.25) is 0 Å². The van der Waals surface area contributed by atoms with E-state index in [1.165, 1.54) is 0 Å². The monoisotopic (exact) mass is 248 g/mol. The molecular formula is C11H11F3O3. The van der Waals surface area contributed by atoms with Gasteiger partial charge in [0, 0.05) is 6.07 Å². The summed E-state index contributed by atoms with van der Waals surface area (Å²) in [7, 11) is 0. The summed E-state index contributed by atoms with van der Waals surface area (Å²) < 4.78 is 43.0. The van der Waals surface area contributed by atoms with Gasteiger partial charge in [0.25, 0.3) is 0 Å². The van der Waals surface area contributed by atoms with Crippen LogP contribution >= 0.6 is 0 Å². The molecule has 0 atom stereocenters. The maximum Gasteiger partial charge on any atom is 0.417 e. The van der Waals surface area contributed by atoms with Gasteiger partial charge in [-0.2, -0.15) is 13.2 Å². The van der Waals surface area contributed by atoms with Crippen molar-refractivity contribution in [2.75, 3.05) is 6.61 Å². The average molecular weight is 248 g/mol. The quantitative estimate of drug-likeness (QED) is 0.836. The number of alkyl halides is 3. The van der Waals surface area contributed by atoms with E-state index >= 15 is 0 Å². The van der Waals surface area contributed by atoms with Crippen LogP contribution in [0.1, 0.15) is 29.8 Å². The normalized spacial score (nSPS) is 11.4. The van der Waals surface area contributed by atoms with Crippen LogP contribution < -0.4 is 4.74 Å². The molecule has 0 aliphatic rings. The third-order valence-corrected chi connectivity index (χ3v) is 2.04. The molecule has 0 aliphatic carbocycles. The Balaban J connectivity index is 3.52. The van der Waals surface area contributed by atoms with Gasteiger partial charge in [-0.1, -0.05) is 0 Å². The lowest BCUT2D eigenvalue weighted by Crippen LogP contribution is -2.13. The molecule has 1 aromatic carbocycles. The van der Waals surface area contributed by atoms with Crippen LogP contribution in [0.25, 0.3) is 0 Å². The van der Waals surface area contributed by atoms with Gasteiger partial charge in [-0.05, 0) is 19.9 Å². The molecule has 0 saturated heterocycles. The molecule has 3 nitrogen and oxygen atoms in total. The van der Waals surface area contributed by atoms with Gasteiger partial charge in [0.05, 0.1) is 17.7 Å². The smallest absolute Gasteiger partial charge is 0.417 e. The number of phenolic OH excluding ortho intramolecular Hbond substituents is 1. The van der Waals surface area contributed by atoms with Crippen LogP contribution in [0.3, 0.4) is 0 Å². The van der Waals surface area contributed by atoms with Crippen LogP contribution in [0.5, 0.6) is 11.5 Å². The second-order valence-electron chi connectivity index (χ2n) is 3.35.